The quantitative estimate of drug-likeness (QED) is 0.0400. The van der Waals surface area contributed by atoms with Gasteiger partial charge in [-0.2, -0.15) is 0 Å². The molecule has 1 nitrogen and oxygen atoms in total. The molecule has 0 saturated carbocycles. The van der Waals surface area contributed by atoms with E-state index in [2.05, 4.69) is 27.9 Å². The molecule has 0 amide bonds. The van der Waals surface area contributed by atoms with Crippen LogP contribution < -0.4 is 0 Å². The van der Waals surface area contributed by atoms with Crippen molar-refractivity contribution in [1.82, 2.24) is 0 Å². The van der Waals surface area contributed by atoms with Crippen LogP contribution in [0.2, 0.25) is 0 Å². The van der Waals surface area contributed by atoms with E-state index < -0.39 is 0 Å². The van der Waals surface area contributed by atoms with E-state index in [9.17, 15) is 0 Å². The van der Waals surface area contributed by atoms with Gasteiger partial charge >= 0.3 is 0 Å². The third-order valence-electron chi connectivity index (χ3n) is 9.27. The van der Waals surface area contributed by atoms with Crippen molar-refractivity contribution in [3.8, 4) is 0 Å². The van der Waals surface area contributed by atoms with Crippen molar-refractivity contribution in [3.05, 3.63) is 0 Å². The molecule has 2 heteroatoms. The topological polar surface area (TPSA) is 0 Å². The molecule has 0 aliphatic carbocycles. The predicted molar refractivity (Wildman–Crippen MR) is 186 cm³/mol. The summed E-state index contributed by atoms with van der Waals surface area (Å²) in [4.78, 5) is 0. The molecule has 0 spiro atoms. The number of quaternary nitrogens is 1. The maximum atomic E-state index is 6.66. The van der Waals surface area contributed by atoms with Crippen LogP contribution in [0.5, 0.6) is 0 Å². The molecule has 0 aromatic rings. The van der Waals surface area contributed by atoms with Crippen molar-refractivity contribution >= 4 is 11.6 Å². The molecule has 0 bridgehead atoms. The Labute approximate surface area is 261 Å². The van der Waals surface area contributed by atoms with Crippen molar-refractivity contribution in [2.75, 3.05) is 27.2 Å². The molecule has 0 radical (unpaired) electrons. The van der Waals surface area contributed by atoms with Gasteiger partial charge in [-0.05, 0) is 38.5 Å². The van der Waals surface area contributed by atoms with Crippen molar-refractivity contribution in [3.63, 3.8) is 0 Å². The lowest BCUT2D eigenvalue weighted by Gasteiger charge is -2.30. The van der Waals surface area contributed by atoms with Gasteiger partial charge in [0.15, 0.2) is 0 Å². The second-order valence-corrected chi connectivity index (χ2v) is 14.7. The highest BCUT2D eigenvalue weighted by Crippen LogP contribution is 2.19. The zero-order chi connectivity index (χ0) is 29.4. The minimum absolute atomic E-state index is 0.412. The van der Waals surface area contributed by atoms with Gasteiger partial charge in [0, 0.05) is 5.38 Å². The van der Waals surface area contributed by atoms with Crippen molar-refractivity contribution in [1.29, 1.82) is 0 Å². The highest BCUT2D eigenvalue weighted by Gasteiger charge is 2.14. The standard InChI is InChI=1S/C38H79ClN/c1-5-7-9-11-13-15-17-18-19-20-21-23-25-27-29-32-36-40(3,4)37-33-31-35-38(39)34-30-28-26-24-22-16-14-12-10-8-6-2/h38H,5-37H2,1-4H3/q+1. The first-order valence-corrected chi connectivity index (χ1v) is 19.4. The van der Waals surface area contributed by atoms with Gasteiger partial charge in [0.1, 0.15) is 0 Å². The molecule has 1 unspecified atom stereocenters. The van der Waals surface area contributed by atoms with Gasteiger partial charge < -0.3 is 4.48 Å². The van der Waals surface area contributed by atoms with Crippen molar-refractivity contribution in [2.45, 2.75) is 218 Å². The molecule has 0 aliphatic heterocycles. The number of unbranched alkanes of at least 4 members (excludes halogenated alkanes) is 26. The summed E-state index contributed by atoms with van der Waals surface area (Å²) in [6, 6.07) is 0. The number of hydrogen-bond acceptors (Lipinski definition) is 0. The molecule has 0 aliphatic rings. The molecule has 1 atom stereocenters. The van der Waals surface area contributed by atoms with E-state index in [0.717, 1.165) is 0 Å². The number of rotatable bonds is 34. The Morgan fingerprint density at radius 2 is 0.575 bits per heavy atom. The molecule has 40 heavy (non-hydrogen) atoms. The second kappa shape index (κ2) is 32.2. The summed E-state index contributed by atoms with van der Waals surface area (Å²) >= 11 is 6.66. The van der Waals surface area contributed by atoms with E-state index in [1.807, 2.05) is 0 Å². The van der Waals surface area contributed by atoms with Crippen LogP contribution in [0.25, 0.3) is 0 Å². The van der Waals surface area contributed by atoms with Gasteiger partial charge in [-0.3, -0.25) is 0 Å². The van der Waals surface area contributed by atoms with Crippen LogP contribution in [0.15, 0.2) is 0 Å². The zero-order valence-electron chi connectivity index (χ0n) is 28.7. The van der Waals surface area contributed by atoms with Crippen molar-refractivity contribution in [2.24, 2.45) is 0 Å². The van der Waals surface area contributed by atoms with E-state index in [-0.39, 0.29) is 0 Å². The predicted octanol–water partition coefficient (Wildman–Crippen LogP) is 13.8. The number of halogens is 1. The lowest BCUT2D eigenvalue weighted by molar-refractivity contribution is -0.890. The minimum Gasteiger partial charge on any atom is -0.328 e. The fourth-order valence-corrected chi connectivity index (χ4v) is 6.59. The fourth-order valence-electron chi connectivity index (χ4n) is 6.28. The Balaban J connectivity index is 3.38. The molecule has 0 rings (SSSR count). The Bertz CT molecular complexity index is 462. The summed E-state index contributed by atoms with van der Waals surface area (Å²) in [6.07, 6.45) is 44.0. The van der Waals surface area contributed by atoms with Crippen LogP contribution >= 0.6 is 11.6 Å². The van der Waals surface area contributed by atoms with Gasteiger partial charge in [0.25, 0.3) is 0 Å². The molecule has 0 fully saturated rings. The van der Waals surface area contributed by atoms with E-state index in [0.29, 0.717) is 5.38 Å². The van der Waals surface area contributed by atoms with Crippen LogP contribution in [0.1, 0.15) is 213 Å². The Kier molecular flexibility index (Phi) is 32.4. The summed E-state index contributed by atoms with van der Waals surface area (Å²) in [5, 5.41) is 0.412. The molecular formula is C38H79ClN+. The molecule has 242 valence electrons. The van der Waals surface area contributed by atoms with E-state index >= 15 is 0 Å². The van der Waals surface area contributed by atoms with E-state index in [1.54, 1.807) is 0 Å². The third-order valence-corrected chi connectivity index (χ3v) is 9.71. The highest BCUT2D eigenvalue weighted by atomic mass is 35.5. The molecule has 0 aromatic carbocycles. The van der Waals surface area contributed by atoms with Crippen LogP contribution in [-0.4, -0.2) is 37.0 Å². The summed E-state index contributed by atoms with van der Waals surface area (Å²) in [5.74, 6) is 0. The molecule has 0 N–H and O–H groups in total. The number of alkyl halides is 1. The van der Waals surface area contributed by atoms with Crippen molar-refractivity contribution < 1.29 is 4.48 Å². The van der Waals surface area contributed by atoms with Crippen LogP contribution in [-0.2, 0) is 0 Å². The van der Waals surface area contributed by atoms with E-state index in [4.69, 9.17) is 11.6 Å². The lowest BCUT2D eigenvalue weighted by Crippen LogP contribution is -2.41. The van der Waals surface area contributed by atoms with Crippen LogP contribution in [0, 0.1) is 0 Å². The Morgan fingerprint density at radius 3 is 0.900 bits per heavy atom. The van der Waals surface area contributed by atoms with Gasteiger partial charge in [-0.15, -0.1) is 11.6 Å². The minimum atomic E-state index is 0.412. The van der Waals surface area contributed by atoms with Gasteiger partial charge in [-0.1, -0.05) is 174 Å². The fraction of sp³-hybridized carbons (Fsp3) is 1.00. The third kappa shape index (κ3) is 32.8. The molecule has 0 heterocycles. The normalized spacial score (nSPS) is 12.8. The second-order valence-electron chi connectivity index (χ2n) is 14.1. The average Bonchev–Trinajstić information content (AvgIpc) is 2.94. The number of hydrogen-bond donors (Lipinski definition) is 0. The monoisotopic (exact) mass is 585 g/mol. The lowest BCUT2D eigenvalue weighted by atomic mass is 10.0. The highest BCUT2D eigenvalue weighted by molar-refractivity contribution is 6.20. The average molecular weight is 586 g/mol. The molecule has 0 saturated heterocycles. The first-order valence-electron chi connectivity index (χ1n) is 19.0. The summed E-state index contributed by atoms with van der Waals surface area (Å²) in [7, 11) is 4.88. The van der Waals surface area contributed by atoms with Gasteiger partial charge in [-0.25, -0.2) is 0 Å². The van der Waals surface area contributed by atoms with Gasteiger partial charge in [0.05, 0.1) is 27.2 Å². The summed E-state index contributed by atoms with van der Waals surface area (Å²) in [5.41, 5.74) is 0. The SMILES string of the molecule is CCCCCCCCCCCCCCCCCC[N+](C)(C)CCCCC(Cl)CCCCCCCCCCCCC. The maximum absolute atomic E-state index is 6.66. The maximum Gasteiger partial charge on any atom is 0.0782 e. The Hall–Kier alpha value is 0.250. The van der Waals surface area contributed by atoms with E-state index in [1.165, 1.54) is 217 Å². The summed E-state index contributed by atoms with van der Waals surface area (Å²) < 4.78 is 1.20. The molecule has 0 aromatic heterocycles. The first kappa shape index (κ1) is 40.2. The Morgan fingerprint density at radius 1 is 0.350 bits per heavy atom. The van der Waals surface area contributed by atoms with Gasteiger partial charge in [0.2, 0.25) is 0 Å². The first-order chi connectivity index (χ1) is 19.5. The smallest absolute Gasteiger partial charge is 0.0782 e. The molecular weight excluding hydrogens is 506 g/mol. The van der Waals surface area contributed by atoms with Crippen LogP contribution in [0.4, 0.5) is 0 Å². The van der Waals surface area contributed by atoms with Crippen LogP contribution in [0.3, 0.4) is 0 Å². The number of nitrogens with zero attached hydrogens (tertiary/aromatic N) is 1. The largest absolute Gasteiger partial charge is 0.328 e. The zero-order valence-corrected chi connectivity index (χ0v) is 29.5. The summed E-state index contributed by atoms with van der Waals surface area (Å²) in [6.45, 7) is 7.27.